The van der Waals surface area contributed by atoms with Gasteiger partial charge >= 0.3 is 0 Å². The number of anilines is 1. The molecule has 3 N–H and O–H groups in total. The summed E-state index contributed by atoms with van der Waals surface area (Å²) in [6.07, 6.45) is 3.17. The van der Waals surface area contributed by atoms with Crippen LogP contribution in [0.1, 0.15) is 29.3 Å². The molecule has 2 aromatic carbocycles. The molecule has 4 aromatic rings. The van der Waals surface area contributed by atoms with E-state index >= 15 is 4.39 Å². The van der Waals surface area contributed by atoms with Gasteiger partial charge in [0.25, 0.3) is 0 Å². The Hall–Kier alpha value is -3.48. The Labute approximate surface area is 208 Å². The predicted octanol–water partition coefficient (Wildman–Crippen LogP) is 4.13. The van der Waals surface area contributed by atoms with Crippen LogP contribution in [0.25, 0.3) is 22.2 Å². The van der Waals surface area contributed by atoms with Crippen LogP contribution in [0, 0.1) is 11.6 Å². The summed E-state index contributed by atoms with van der Waals surface area (Å²) in [6, 6.07) is 10.3. The van der Waals surface area contributed by atoms with Crippen LogP contribution < -0.4 is 9.44 Å². The highest BCUT2D eigenvalue weighted by Crippen LogP contribution is 2.30. The molecule has 2 aromatic heterocycles. The van der Waals surface area contributed by atoms with Crippen LogP contribution in [-0.2, 0) is 21.0 Å². The minimum absolute atomic E-state index is 0.0291. The quantitative estimate of drug-likeness (QED) is 0.280. The van der Waals surface area contributed by atoms with E-state index in [0.29, 0.717) is 27.9 Å². The molecule has 0 amide bonds. The molecule has 0 saturated heterocycles. The number of aromatic nitrogens is 2. The maximum Gasteiger partial charge on any atom is 0.232 e. The second-order valence-electron chi connectivity index (χ2n) is 7.85. The van der Waals surface area contributed by atoms with E-state index in [1.807, 2.05) is 0 Å². The van der Waals surface area contributed by atoms with Crippen LogP contribution in [0.5, 0.6) is 0 Å². The highest BCUT2D eigenvalue weighted by molar-refractivity contribution is 7.92. The number of hydrogen-bond acceptors (Lipinski definition) is 5. The van der Waals surface area contributed by atoms with E-state index in [-0.39, 0.29) is 11.3 Å². The number of halogens is 2. The van der Waals surface area contributed by atoms with Crippen LogP contribution in [-0.4, -0.2) is 41.2 Å². The van der Waals surface area contributed by atoms with Crippen molar-refractivity contribution >= 4 is 43.5 Å². The van der Waals surface area contributed by atoms with E-state index in [4.69, 9.17) is 0 Å². The third-order valence-corrected chi connectivity index (χ3v) is 7.97. The third-order valence-electron chi connectivity index (χ3n) is 5.42. The van der Waals surface area contributed by atoms with E-state index < -0.39 is 49.7 Å². The molecule has 1 atom stereocenters. The van der Waals surface area contributed by atoms with Crippen molar-refractivity contribution in [1.29, 1.82) is 0 Å². The molecule has 12 heteroatoms. The van der Waals surface area contributed by atoms with Gasteiger partial charge in [-0.1, -0.05) is 19.1 Å². The van der Waals surface area contributed by atoms with Gasteiger partial charge in [0, 0.05) is 28.9 Å². The zero-order valence-electron chi connectivity index (χ0n) is 19.3. The number of carbonyl (C=O) groups excluding carboxylic acids is 1. The van der Waals surface area contributed by atoms with Crippen molar-refractivity contribution in [2.45, 2.75) is 18.2 Å². The number of nitrogens with one attached hydrogen (secondary N) is 3. The van der Waals surface area contributed by atoms with Gasteiger partial charge in [0.1, 0.15) is 22.5 Å². The molecule has 0 fully saturated rings. The van der Waals surface area contributed by atoms with Gasteiger partial charge in [-0.3, -0.25) is 9.52 Å². The Bertz CT molecular complexity index is 1590. The van der Waals surface area contributed by atoms with E-state index in [2.05, 4.69) is 19.4 Å². The van der Waals surface area contributed by atoms with Gasteiger partial charge in [0.15, 0.2) is 5.82 Å². The first-order valence-corrected chi connectivity index (χ1v) is 13.6. The fourth-order valence-electron chi connectivity index (χ4n) is 3.70. The van der Waals surface area contributed by atoms with Gasteiger partial charge in [0.05, 0.1) is 21.9 Å². The lowest BCUT2D eigenvalue weighted by atomic mass is 10.00. The monoisotopic (exact) mass is 532 g/mol. The standard InChI is InChI=1S/C24H22F2N4O4S2/c1-3-10-36(33,34)30-20-9-8-19(25)21(22(20)26)23(31)18-13-29-24-17(18)11-15(12-28-24)14-4-6-16(7-5-14)35(32)27-2/h4-9,11-13,27,30H,3,10H2,1-2H3,(H,28,29). The zero-order valence-corrected chi connectivity index (χ0v) is 20.9. The Morgan fingerprint density at radius 1 is 1.11 bits per heavy atom. The number of fused-ring (bicyclic) bond motifs is 1. The Morgan fingerprint density at radius 3 is 2.50 bits per heavy atom. The Balaban J connectivity index is 1.74. The molecule has 0 saturated carbocycles. The largest absolute Gasteiger partial charge is 0.345 e. The van der Waals surface area contributed by atoms with Gasteiger partial charge in [-0.25, -0.2) is 31.1 Å². The Kier molecular flexibility index (Phi) is 7.29. The third kappa shape index (κ3) is 5.06. The summed E-state index contributed by atoms with van der Waals surface area (Å²) in [5, 5.41) is 0.330. The topological polar surface area (TPSA) is 121 Å². The van der Waals surface area contributed by atoms with E-state index in [9.17, 15) is 21.8 Å². The first-order chi connectivity index (χ1) is 17.1. The first-order valence-electron chi connectivity index (χ1n) is 10.8. The number of hydrogen-bond donors (Lipinski definition) is 3. The number of carbonyl (C=O) groups is 1. The van der Waals surface area contributed by atoms with Crippen molar-refractivity contribution in [1.82, 2.24) is 14.7 Å². The number of rotatable bonds is 9. The summed E-state index contributed by atoms with van der Waals surface area (Å²) in [7, 11) is -3.63. The van der Waals surface area contributed by atoms with E-state index in [1.165, 1.54) is 6.20 Å². The lowest BCUT2D eigenvalue weighted by Gasteiger charge is -2.11. The second-order valence-corrected chi connectivity index (χ2v) is 11.1. The number of benzene rings is 2. The molecule has 1 unspecified atom stereocenters. The van der Waals surface area contributed by atoms with Crippen molar-refractivity contribution in [3.8, 4) is 11.1 Å². The fraction of sp³-hybridized carbons (Fsp3) is 0.167. The van der Waals surface area contributed by atoms with Crippen molar-refractivity contribution in [2.24, 2.45) is 0 Å². The lowest BCUT2D eigenvalue weighted by molar-refractivity contribution is 0.103. The lowest BCUT2D eigenvalue weighted by Crippen LogP contribution is -2.18. The number of sulfonamides is 1. The van der Waals surface area contributed by atoms with Gasteiger partial charge in [0.2, 0.25) is 15.8 Å². The fourth-order valence-corrected chi connectivity index (χ4v) is 5.45. The van der Waals surface area contributed by atoms with Crippen molar-refractivity contribution in [3.05, 3.63) is 77.6 Å². The number of H-pyrrole nitrogens is 1. The molecule has 4 rings (SSSR count). The highest BCUT2D eigenvalue weighted by atomic mass is 32.2. The molecule has 8 nitrogen and oxygen atoms in total. The maximum atomic E-state index is 15.2. The van der Waals surface area contributed by atoms with Gasteiger partial charge in [-0.2, -0.15) is 0 Å². The minimum Gasteiger partial charge on any atom is -0.345 e. The summed E-state index contributed by atoms with van der Waals surface area (Å²) < 4.78 is 70.6. The minimum atomic E-state index is -3.86. The van der Waals surface area contributed by atoms with Crippen LogP contribution in [0.2, 0.25) is 0 Å². The van der Waals surface area contributed by atoms with Crippen LogP contribution in [0.15, 0.2) is 59.8 Å². The highest BCUT2D eigenvalue weighted by Gasteiger charge is 2.26. The summed E-state index contributed by atoms with van der Waals surface area (Å²) in [5.74, 6) is -3.64. The summed E-state index contributed by atoms with van der Waals surface area (Å²) in [5.41, 5.74) is 0.266. The molecule has 0 aliphatic carbocycles. The summed E-state index contributed by atoms with van der Waals surface area (Å²) >= 11 is 0. The average Bonchev–Trinajstić information content (AvgIpc) is 3.28. The van der Waals surface area contributed by atoms with E-state index in [0.717, 1.165) is 17.7 Å². The molecule has 2 heterocycles. The molecule has 0 radical (unpaired) electrons. The number of ketones is 1. The molecule has 188 valence electrons. The molecular weight excluding hydrogens is 510 g/mol. The summed E-state index contributed by atoms with van der Waals surface area (Å²) in [6.45, 7) is 1.65. The molecule has 36 heavy (non-hydrogen) atoms. The van der Waals surface area contributed by atoms with Crippen LogP contribution >= 0.6 is 0 Å². The molecule has 0 aliphatic heterocycles. The average molecular weight is 533 g/mol. The van der Waals surface area contributed by atoms with Crippen molar-refractivity contribution in [2.75, 3.05) is 17.5 Å². The maximum absolute atomic E-state index is 15.2. The molecule has 0 aliphatic rings. The van der Waals surface area contributed by atoms with E-state index in [1.54, 1.807) is 50.5 Å². The van der Waals surface area contributed by atoms with Gasteiger partial charge in [-0.15, -0.1) is 0 Å². The van der Waals surface area contributed by atoms with Crippen LogP contribution in [0.4, 0.5) is 14.5 Å². The van der Waals surface area contributed by atoms with Crippen LogP contribution in [0.3, 0.4) is 0 Å². The number of nitrogens with zero attached hydrogens (tertiary/aromatic N) is 1. The van der Waals surface area contributed by atoms with Crippen molar-refractivity contribution in [3.63, 3.8) is 0 Å². The Morgan fingerprint density at radius 2 is 1.83 bits per heavy atom. The van der Waals surface area contributed by atoms with Gasteiger partial charge in [-0.05, 0) is 49.4 Å². The summed E-state index contributed by atoms with van der Waals surface area (Å²) in [4.78, 5) is 21.0. The zero-order chi connectivity index (χ0) is 26.0. The molecular formula is C24H22F2N4O4S2. The normalized spacial score (nSPS) is 12.6. The first kappa shape index (κ1) is 25.6. The number of pyridine rings is 1. The molecule has 0 bridgehead atoms. The number of aromatic amines is 1. The predicted molar refractivity (Wildman–Crippen MR) is 134 cm³/mol. The SMILES string of the molecule is CCCS(=O)(=O)Nc1ccc(F)c(C(=O)c2c[nH]c3ncc(-c4ccc(S(=O)NC)cc4)cc23)c1F. The molecule has 0 spiro atoms. The second kappa shape index (κ2) is 10.2. The van der Waals surface area contributed by atoms with Gasteiger partial charge < -0.3 is 4.98 Å². The smallest absolute Gasteiger partial charge is 0.232 e. The van der Waals surface area contributed by atoms with Crippen molar-refractivity contribution < 1.29 is 26.2 Å².